The Morgan fingerprint density at radius 1 is 1.25 bits per heavy atom. The zero-order valence-corrected chi connectivity index (χ0v) is 13.4. The molecule has 1 aromatic rings. The first kappa shape index (κ1) is 13.0. The van der Waals surface area contributed by atoms with Gasteiger partial charge in [0.1, 0.15) is 0 Å². The maximum atomic E-state index is 4.51. The summed E-state index contributed by atoms with van der Waals surface area (Å²) >= 11 is 4.51. The minimum absolute atomic E-state index is 0.502. The highest BCUT2D eigenvalue weighted by molar-refractivity contribution is 7.80. The van der Waals surface area contributed by atoms with Crippen LogP contribution in [0.15, 0.2) is 34.7 Å². The van der Waals surface area contributed by atoms with Crippen LogP contribution in [0.5, 0.6) is 0 Å². The lowest BCUT2D eigenvalue weighted by atomic mass is 9.54. The fourth-order valence-electron chi connectivity index (χ4n) is 5.35. The average molecular weight is 284 g/mol. The van der Waals surface area contributed by atoms with Gasteiger partial charge in [-0.1, -0.05) is 24.6 Å². The smallest absolute Gasteiger partial charge is 0.00429 e. The third kappa shape index (κ3) is 1.68. The molecule has 0 amide bonds. The molecule has 0 N–H and O–H groups in total. The highest BCUT2D eigenvalue weighted by Gasteiger charge is 2.50. The van der Waals surface area contributed by atoms with Crippen molar-refractivity contribution in [3.05, 3.63) is 41.0 Å². The minimum Gasteiger partial charge on any atom is -0.143 e. The Labute approximate surface area is 128 Å². The number of rotatable bonds is 0. The second-order valence-electron chi connectivity index (χ2n) is 7.38. The number of hydrogen-bond donors (Lipinski definition) is 1. The van der Waals surface area contributed by atoms with E-state index >= 15 is 0 Å². The molecule has 0 bridgehead atoms. The third-order valence-corrected chi connectivity index (χ3v) is 6.96. The van der Waals surface area contributed by atoms with Crippen LogP contribution >= 0.6 is 12.6 Å². The molecule has 0 radical (unpaired) electrons. The molecule has 1 fully saturated rings. The molecular weight excluding hydrogens is 260 g/mol. The molecule has 20 heavy (non-hydrogen) atoms. The second-order valence-corrected chi connectivity index (χ2v) is 7.89. The van der Waals surface area contributed by atoms with Gasteiger partial charge in [0, 0.05) is 4.90 Å². The van der Waals surface area contributed by atoms with Crippen molar-refractivity contribution in [3.8, 4) is 0 Å². The van der Waals surface area contributed by atoms with Crippen molar-refractivity contribution in [2.45, 2.75) is 56.8 Å². The fourth-order valence-corrected chi connectivity index (χ4v) is 5.58. The van der Waals surface area contributed by atoms with Crippen LogP contribution in [0, 0.1) is 17.3 Å². The van der Waals surface area contributed by atoms with Crippen LogP contribution in [0.1, 0.15) is 56.6 Å². The summed E-state index contributed by atoms with van der Waals surface area (Å²) < 4.78 is 0. The number of fused-ring (bicyclic) bond motifs is 5. The minimum atomic E-state index is 0.502. The lowest BCUT2D eigenvalue weighted by molar-refractivity contribution is 0.0753. The Bertz CT molecular complexity index is 585. The normalized spacial score (nSPS) is 38.8. The summed E-state index contributed by atoms with van der Waals surface area (Å²) in [4.78, 5) is 1.13. The van der Waals surface area contributed by atoms with Crippen molar-refractivity contribution >= 4 is 12.6 Å². The maximum Gasteiger partial charge on any atom is 0.00429 e. The monoisotopic (exact) mass is 284 g/mol. The van der Waals surface area contributed by atoms with Gasteiger partial charge < -0.3 is 0 Å². The Kier molecular flexibility index (Phi) is 2.86. The molecular formula is C19H24S. The first-order valence-corrected chi connectivity index (χ1v) is 8.53. The van der Waals surface area contributed by atoms with E-state index in [1.54, 1.807) is 16.7 Å². The largest absolute Gasteiger partial charge is 0.143 e. The zero-order valence-electron chi connectivity index (χ0n) is 12.5. The summed E-state index contributed by atoms with van der Waals surface area (Å²) in [5.41, 5.74) is 5.38. The Morgan fingerprint density at radius 2 is 2.10 bits per heavy atom. The number of hydrogen-bond acceptors (Lipinski definition) is 1. The van der Waals surface area contributed by atoms with E-state index in [1.807, 2.05) is 0 Å². The van der Waals surface area contributed by atoms with Crippen molar-refractivity contribution in [2.75, 3.05) is 0 Å². The van der Waals surface area contributed by atoms with Crippen LogP contribution in [0.25, 0.3) is 0 Å². The third-order valence-electron chi connectivity index (χ3n) is 6.68. The summed E-state index contributed by atoms with van der Waals surface area (Å²) in [6.45, 7) is 4.89. The molecule has 4 rings (SSSR count). The van der Waals surface area contributed by atoms with E-state index in [0.717, 1.165) is 22.6 Å². The van der Waals surface area contributed by atoms with E-state index in [2.05, 4.69) is 50.8 Å². The Hall–Kier alpha value is -0.690. The van der Waals surface area contributed by atoms with Crippen LogP contribution in [0.4, 0.5) is 0 Å². The molecule has 3 aliphatic rings. The standard InChI is InChI=1S/C19H24S/c1-12-3-8-18-17-6-4-13-11-14(20)5-7-15(13)16(17)9-10-19(12,18)2/h3,5,7,11,16-18,20H,4,6,8-10H2,1-2H3. The fraction of sp³-hybridized carbons (Fsp3) is 0.579. The van der Waals surface area contributed by atoms with Gasteiger partial charge in [-0.3, -0.25) is 0 Å². The molecule has 106 valence electrons. The SMILES string of the molecule is CC1=CCC2C3CCc4cc(S)ccc4C3CCC12C. The van der Waals surface area contributed by atoms with Gasteiger partial charge in [0.15, 0.2) is 0 Å². The molecule has 0 heterocycles. The lowest BCUT2D eigenvalue weighted by Crippen LogP contribution is -2.40. The number of benzene rings is 1. The summed E-state index contributed by atoms with van der Waals surface area (Å²) in [5, 5.41) is 0. The van der Waals surface area contributed by atoms with Gasteiger partial charge in [0.25, 0.3) is 0 Å². The van der Waals surface area contributed by atoms with E-state index in [4.69, 9.17) is 0 Å². The molecule has 1 saturated carbocycles. The van der Waals surface area contributed by atoms with Crippen molar-refractivity contribution in [3.63, 3.8) is 0 Å². The first-order chi connectivity index (χ1) is 9.59. The van der Waals surface area contributed by atoms with Crippen LogP contribution in [-0.4, -0.2) is 0 Å². The van der Waals surface area contributed by atoms with Gasteiger partial charge in [-0.2, -0.15) is 0 Å². The molecule has 0 saturated heterocycles. The quantitative estimate of drug-likeness (QED) is 0.479. The van der Waals surface area contributed by atoms with E-state index < -0.39 is 0 Å². The number of thiol groups is 1. The van der Waals surface area contributed by atoms with E-state index in [9.17, 15) is 0 Å². The van der Waals surface area contributed by atoms with Crippen LogP contribution in [0.2, 0.25) is 0 Å². The summed E-state index contributed by atoms with van der Waals surface area (Å²) in [6.07, 6.45) is 9.25. The zero-order chi connectivity index (χ0) is 13.9. The summed E-state index contributed by atoms with van der Waals surface area (Å²) in [7, 11) is 0. The molecule has 4 unspecified atom stereocenters. The first-order valence-electron chi connectivity index (χ1n) is 8.08. The Balaban J connectivity index is 1.72. The predicted octanol–water partition coefficient (Wildman–Crippen LogP) is 5.39. The molecule has 0 spiro atoms. The summed E-state index contributed by atoms with van der Waals surface area (Å²) in [6, 6.07) is 6.86. The molecule has 0 aliphatic heterocycles. The van der Waals surface area contributed by atoms with E-state index in [0.29, 0.717) is 5.41 Å². The predicted molar refractivity (Wildman–Crippen MR) is 87.5 cm³/mol. The summed E-state index contributed by atoms with van der Waals surface area (Å²) in [5.74, 6) is 2.61. The van der Waals surface area contributed by atoms with Gasteiger partial charge in [-0.05, 0) is 85.5 Å². The number of aryl methyl sites for hydroxylation is 1. The second kappa shape index (κ2) is 4.40. The van der Waals surface area contributed by atoms with Crippen molar-refractivity contribution in [1.82, 2.24) is 0 Å². The maximum absolute atomic E-state index is 4.51. The van der Waals surface area contributed by atoms with Crippen molar-refractivity contribution in [2.24, 2.45) is 17.3 Å². The van der Waals surface area contributed by atoms with E-state index in [-0.39, 0.29) is 0 Å². The molecule has 3 aliphatic carbocycles. The van der Waals surface area contributed by atoms with Gasteiger partial charge in [-0.25, -0.2) is 0 Å². The molecule has 1 aromatic carbocycles. The van der Waals surface area contributed by atoms with Crippen LogP contribution < -0.4 is 0 Å². The molecule has 0 nitrogen and oxygen atoms in total. The topological polar surface area (TPSA) is 0 Å². The van der Waals surface area contributed by atoms with Gasteiger partial charge in [-0.15, -0.1) is 12.6 Å². The average Bonchev–Trinajstić information content (AvgIpc) is 2.74. The molecule has 0 aromatic heterocycles. The van der Waals surface area contributed by atoms with Crippen molar-refractivity contribution < 1.29 is 0 Å². The van der Waals surface area contributed by atoms with Crippen LogP contribution in [-0.2, 0) is 6.42 Å². The number of allylic oxidation sites excluding steroid dienone is 2. The highest BCUT2D eigenvalue weighted by Crippen LogP contribution is 2.60. The highest BCUT2D eigenvalue weighted by atomic mass is 32.1. The molecule has 1 heteroatoms. The van der Waals surface area contributed by atoms with Gasteiger partial charge >= 0.3 is 0 Å². The van der Waals surface area contributed by atoms with E-state index in [1.165, 1.54) is 32.1 Å². The lowest BCUT2D eigenvalue weighted by Gasteiger charge is -2.50. The van der Waals surface area contributed by atoms with Crippen molar-refractivity contribution in [1.29, 1.82) is 0 Å². The van der Waals surface area contributed by atoms with Gasteiger partial charge in [0.2, 0.25) is 0 Å². The van der Waals surface area contributed by atoms with Crippen LogP contribution in [0.3, 0.4) is 0 Å². The Morgan fingerprint density at radius 3 is 2.95 bits per heavy atom. The van der Waals surface area contributed by atoms with Gasteiger partial charge in [0.05, 0.1) is 0 Å². The molecule has 4 atom stereocenters.